The number of nitrogens with one attached hydrogen (secondary N) is 2. The number of aromatic nitrogens is 3. The zero-order valence-corrected chi connectivity index (χ0v) is 14.7. The van der Waals surface area contributed by atoms with Crippen LogP contribution in [0.4, 0.5) is 5.13 Å². The van der Waals surface area contributed by atoms with Gasteiger partial charge >= 0.3 is 0 Å². The smallest absolute Gasteiger partial charge is 0.277 e. The molecule has 2 aliphatic rings. The van der Waals surface area contributed by atoms with Crippen molar-refractivity contribution in [2.24, 2.45) is 5.92 Å². The summed E-state index contributed by atoms with van der Waals surface area (Å²) in [4.78, 5) is 19.3. The second kappa shape index (κ2) is 6.64. The van der Waals surface area contributed by atoms with Crippen molar-refractivity contribution in [1.82, 2.24) is 20.1 Å². The maximum atomic E-state index is 12.3. The van der Waals surface area contributed by atoms with Crippen LogP contribution in [-0.4, -0.2) is 39.1 Å². The standard InChI is InChI=1S/C17H23N5OS/c1-11-3-2-6-22(8-11)9-13-10-24-17(18-13)19-16(23)15-7-14(20-21-15)12-4-5-12/h7,10-12H,2-6,8-9H2,1H3,(H,20,21)(H,18,19,23). The topological polar surface area (TPSA) is 73.9 Å². The quantitative estimate of drug-likeness (QED) is 0.872. The van der Waals surface area contributed by atoms with Crippen LogP contribution >= 0.6 is 11.3 Å². The van der Waals surface area contributed by atoms with Gasteiger partial charge < -0.3 is 0 Å². The monoisotopic (exact) mass is 345 g/mol. The van der Waals surface area contributed by atoms with Crippen molar-refractivity contribution in [2.45, 2.75) is 45.1 Å². The molecule has 2 N–H and O–H groups in total. The maximum absolute atomic E-state index is 12.3. The van der Waals surface area contributed by atoms with Gasteiger partial charge in [0, 0.05) is 30.1 Å². The van der Waals surface area contributed by atoms with Crippen LogP contribution in [-0.2, 0) is 6.54 Å². The molecule has 1 saturated heterocycles. The van der Waals surface area contributed by atoms with E-state index in [1.165, 1.54) is 37.0 Å². The Morgan fingerprint density at radius 1 is 1.46 bits per heavy atom. The maximum Gasteiger partial charge on any atom is 0.277 e. The van der Waals surface area contributed by atoms with Crippen molar-refractivity contribution >= 4 is 22.4 Å². The molecule has 6 nitrogen and oxygen atoms in total. The van der Waals surface area contributed by atoms with Crippen LogP contribution in [0.5, 0.6) is 0 Å². The molecule has 4 rings (SSSR count). The molecule has 2 fully saturated rings. The second-order valence-corrected chi connectivity index (χ2v) is 7.92. The first-order valence-corrected chi connectivity index (χ1v) is 9.59. The van der Waals surface area contributed by atoms with Gasteiger partial charge in [-0.1, -0.05) is 6.92 Å². The number of nitrogens with zero attached hydrogens (tertiary/aromatic N) is 3. The third kappa shape index (κ3) is 3.67. The van der Waals surface area contributed by atoms with Gasteiger partial charge in [0.25, 0.3) is 5.91 Å². The highest BCUT2D eigenvalue weighted by molar-refractivity contribution is 7.13. The van der Waals surface area contributed by atoms with E-state index in [-0.39, 0.29) is 5.91 Å². The van der Waals surface area contributed by atoms with E-state index in [1.807, 2.05) is 11.4 Å². The molecule has 0 aromatic carbocycles. The molecule has 7 heteroatoms. The van der Waals surface area contributed by atoms with Crippen LogP contribution < -0.4 is 5.32 Å². The number of anilines is 1. The molecule has 2 aromatic heterocycles. The van der Waals surface area contributed by atoms with E-state index in [9.17, 15) is 4.79 Å². The van der Waals surface area contributed by atoms with Crippen molar-refractivity contribution in [2.75, 3.05) is 18.4 Å². The third-order valence-electron chi connectivity index (χ3n) is 4.75. The van der Waals surface area contributed by atoms with Crippen molar-refractivity contribution in [3.8, 4) is 0 Å². The number of rotatable bonds is 5. The van der Waals surface area contributed by atoms with Crippen molar-refractivity contribution < 1.29 is 4.79 Å². The van der Waals surface area contributed by atoms with Gasteiger partial charge in [0.1, 0.15) is 0 Å². The summed E-state index contributed by atoms with van der Waals surface area (Å²) in [6.45, 7) is 5.45. The average Bonchev–Trinajstić information content (AvgIpc) is 3.12. The summed E-state index contributed by atoms with van der Waals surface area (Å²) in [5.74, 6) is 1.14. The molecular formula is C17H23N5OS. The molecule has 3 heterocycles. The molecule has 1 aliphatic carbocycles. The fraction of sp³-hybridized carbons (Fsp3) is 0.588. The number of hydrogen-bond acceptors (Lipinski definition) is 5. The number of H-pyrrole nitrogens is 1. The summed E-state index contributed by atoms with van der Waals surface area (Å²) in [5.41, 5.74) is 2.54. The largest absolute Gasteiger partial charge is 0.297 e. The minimum Gasteiger partial charge on any atom is -0.297 e. The van der Waals surface area contributed by atoms with E-state index in [2.05, 4.69) is 32.3 Å². The predicted octanol–water partition coefficient (Wildman–Crippen LogP) is 3.23. The number of piperidine rings is 1. The first-order chi connectivity index (χ1) is 11.7. The van der Waals surface area contributed by atoms with Gasteiger partial charge in [-0.2, -0.15) is 5.10 Å². The third-order valence-corrected chi connectivity index (χ3v) is 5.55. The second-order valence-electron chi connectivity index (χ2n) is 7.06. The van der Waals surface area contributed by atoms with E-state index in [0.29, 0.717) is 16.7 Å². The predicted molar refractivity (Wildman–Crippen MR) is 94.3 cm³/mol. The highest BCUT2D eigenvalue weighted by atomic mass is 32.1. The zero-order chi connectivity index (χ0) is 16.5. The van der Waals surface area contributed by atoms with Gasteiger partial charge in [-0.25, -0.2) is 4.98 Å². The summed E-state index contributed by atoms with van der Waals surface area (Å²) in [7, 11) is 0. The van der Waals surface area contributed by atoms with Crippen LogP contribution in [0.15, 0.2) is 11.4 Å². The van der Waals surface area contributed by atoms with Crippen LogP contribution in [0.3, 0.4) is 0 Å². The number of carbonyl (C=O) groups excluding carboxylic acids is 1. The summed E-state index contributed by atoms with van der Waals surface area (Å²) in [6.07, 6.45) is 4.96. The summed E-state index contributed by atoms with van der Waals surface area (Å²) in [6, 6.07) is 1.86. The number of hydrogen-bond donors (Lipinski definition) is 2. The first-order valence-electron chi connectivity index (χ1n) is 8.71. The van der Waals surface area contributed by atoms with Gasteiger partial charge in [0.15, 0.2) is 10.8 Å². The van der Waals surface area contributed by atoms with Crippen LogP contribution in [0, 0.1) is 5.92 Å². The lowest BCUT2D eigenvalue weighted by Crippen LogP contribution is -2.33. The Labute approximate surface area is 145 Å². The van der Waals surface area contributed by atoms with E-state index < -0.39 is 0 Å². The van der Waals surface area contributed by atoms with Gasteiger partial charge in [-0.15, -0.1) is 11.3 Å². The molecule has 1 saturated carbocycles. The van der Waals surface area contributed by atoms with E-state index in [0.717, 1.165) is 36.9 Å². The summed E-state index contributed by atoms with van der Waals surface area (Å²) >= 11 is 1.48. The number of aromatic amines is 1. The fourth-order valence-corrected chi connectivity index (χ4v) is 4.01. The summed E-state index contributed by atoms with van der Waals surface area (Å²) < 4.78 is 0. The van der Waals surface area contributed by atoms with E-state index >= 15 is 0 Å². The molecule has 0 bridgehead atoms. The van der Waals surface area contributed by atoms with Gasteiger partial charge in [0.05, 0.1) is 5.69 Å². The van der Waals surface area contributed by atoms with Gasteiger partial charge in [-0.05, 0) is 44.2 Å². The molecule has 128 valence electrons. The van der Waals surface area contributed by atoms with E-state index in [4.69, 9.17) is 0 Å². The normalized spacial score (nSPS) is 21.8. The lowest BCUT2D eigenvalue weighted by Gasteiger charge is -2.30. The average molecular weight is 345 g/mol. The summed E-state index contributed by atoms with van der Waals surface area (Å²) in [5, 5.41) is 12.6. The zero-order valence-electron chi connectivity index (χ0n) is 13.9. The Morgan fingerprint density at radius 3 is 3.12 bits per heavy atom. The van der Waals surface area contributed by atoms with E-state index in [1.54, 1.807) is 0 Å². The molecule has 24 heavy (non-hydrogen) atoms. The molecule has 2 aromatic rings. The Balaban J connectivity index is 1.34. The lowest BCUT2D eigenvalue weighted by atomic mass is 10.0. The molecule has 0 spiro atoms. The number of carbonyl (C=O) groups is 1. The Kier molecular flexibility index (Phi) is 4.37. The molecule has 0 radical (unpaired) electrons. The van der Waals surface area contributed by atoms with Crippen LogP contribution in [0.1, 0.15) is 60.4 Å². The fourth-order valence-electron chi connectivity index (χ4n) is 3.31. The Morgan fingerprint density at radius 2 is 2.33 bits per heavy atom. The van der Waals surface area contributed by atoms with Crippen LogP contribution in [0.2, 0.25) is 0 Å². The lowest BCUT2D eigenvalue weighted by molar-refractivity contribution is 0.102. The van der Waals surface area contributed by atoms with Crippen molar-refractivity contribution in [3.05, 3.63) is 28.5 Å². The molecule has 1 unspecified atom stereocenters. The Hall–Kier alpha value is -1.73. The Bertz CT molecular complexity index is 720. The number of likely N-dealkylation sites (tertiary alicyclic amines) is 1. The first kappa shape index (κ1) is 15.8. The van der Waals surface area contributed by atoms with Crippen molar-refractivity contribution in [3.63, 3.8) is 0 Å². The molecule has 1 amide bonds. The molecule has 1 atom stereocenters. The van der Waals surface area contributed by atoms with Crippen molar-refractivity contribution in [1.29, 1.82) is 0 Å². The molecular weight excluding hydrogens is 322 g/mol. The number of thiazole rings is 1. The molecule has 1 aliphatic heterocycles. The van der Waals surface area contributed by atoms with Gasteiger partial charge in [0.2, 0.25) is 0 Å². The highest BCUT2D eigenvalue weighted by Gasteiger charge is 2.26. The van der Waals surface area contributed by atoms with Gasteiger partial charge in [-0.3, -0.25) is 20.1 Å². The minimum absolute atomic E-state index is 0.189. The number of amides is 1. The SMILES string of the molecule is CC1CCCN(Cc2csc(NC(=O)c3cc(C4CC4)[nH]n3)n2)C1. The highest BCUT2D eigenvalue weighted by Crippen LogP contribution is 2.39. The van der Waals surface area contributed by atoms with Crippen LogP contribution in [0.25, 0.3) is 0 Å². The minimum atomic E-state index is -0.189.